The van der Waals surface area contributed by atoms with Gasteiger partial charge in [-0.05, 0) is 36.4 Å². The molecule has 9 nitrogen and oxygen atoms in total. The second-order valence-electron chi connectivity index (χ2n) is 8.14. The number of aromatic nitrogens is 2. The smallest absolute Gasteiger partial charge is 0.266 e. The average Bonchev–Trinajstić information content (AvgIpc) is 3.36. The summed E-state index contributed by atoms with van der Waals surface area (Å²) >= 11 is 0. The molecule has 176 valence electrons. The highest BCUT2D eigenvalue weighted by atomic mass is 16.7. The standard InChI is InChI=1S/C25H26N4O5/c1-32-21-5-3-2-4-20(21)27-12-14-28(15-13-27)24(30)10-11-29-25(31)9-7-19(26-29)18-6-8-22-23(16-18)34-17-33-22/h2-9,16H,10-15,17H2,1H3. The van der Waals surface area contributed by atoms with Gasteiger partial charge in [0, 0.05) is 44.2 Å². The highest BCUT2D eigenvalue weighted by molar-refractivity contribution is 5.76. The molecule has 0 N–H and O–H groups in total. The molecule has 1 aromatic heterocycles. The summed E-state index contributed by atoms with van der Waals surface area (Å²) in [5.41, 5.74) is 2.25. The number of rotatable bonds is 6. The predicted octanol–water partition coefficient (Wildman–Crippen LogP) is 2.39. The van der Waals surface area contributed by atoms with Gasteiger partial charge in [0.05, 0.1) is 25.0 Å². The maximum Gasteiger partial charge on any atom is 0.266 e. The summed E-state index contributed by atoms with van der Waals surface area (Å²) in [5, 5.41) is 4.47. The number of anilines is 1. The van der Waals surface area contributed by atoms with Crippen LogP contribution in [0.4, 0.5) is 5.69 Å². The van der Waals surface area contributed by atoms with Crippen molar-refractivity contribution in [2.75, 3.05) is 45.0 Å². The number of fused-ring (bicyclic) bond motifs is 1. The van der Waals surface area contributed by atoms with Gasteiger partial charge in [0.2, 0.25) is 12.7 Å². The van der Waals surface area contributed by atoms with Gasteiger partial charge >= 0.3 is 0 Å². The first-order valence-electron chi connectivity index (χ1n) is 11.3. The molecule has 1 saturated heterocycles. The van der Waals surface area contributed by atoms with Crippen LogP contribution in [-0.2, 0) is 11.3 Å². The molecule has 9 heteroatoms. The van der Waals surface area contributed by atoms with E-state index in [2.05, 4.69) is 10.00 Å². The Morgan fingerprint density at radius 1 is 1.00 bits per heavy atom. The summed E-state index contributed by atoms with van der Waals surface area (Å²) in [4.78, 5) is 29.3. The molecule has 0 aliphatic carbocycles. The molecule has 0 radical (unpaired) electrons. The molecule has 1 amide bonds. The van der Waals surface area contributed by atoms with E-state index in [9.17, 15) is 9.59 Å². The highest BCUT2D eigenvalue weighted by Crippen LogP contribution is 2.35. The third-order valence-corrected chi connectivity index (χ3v) is 6.13. The number of benzene rings is 2. The van der Waals surface area contributed by atoms with Gasteiger partial charge in [-0.2, -0.15) is 5.10 Å². The zero-order chi connectivity index (χ0) is 23.5. The lowest BCUT2D eigenvalue weighted by atomic mass is 10.1. The SMILES string of the molecule is COc1ccccc1N1CCN(C(=O)CCn2nc(-c3ccc4c(c3)OCO4)ccc2=O)CC1. The molecule has 0 saturated carbocycles. The number of hydrogen-bond acceptors (Lipinski definition) is 7. The second-order valence-corrected chi connectivity index (χ2v) is 8.14. The van der Waals surface area contributed by atoms with Crippen molar-refractivity contribution in [2.45, 2.75) is 13.0 Å². The molecule has 3 aromatic rings. The Kier molecular flexibility index (Phi) is 6.07. The van der Waals surface area contributed by atoms with Crippen molar-refractivity contribution in [2.24, 2.45) is 0 Å². The number of hydrogen-bond donors (Lipinski definition) is 0. The van der Waals surface area contributed by atoms with E-state index in [1.165, 1.54) is 10.7 Å². The number of aryl methyl sites for hydroxylation is 1. The van der Waals surface area contributed by atoms with Gasteiger partial charge in [-0.15, -0.1) is 0 Å². The molecule has 2 aliphatic heterocycles. The minimum absolute atomic E-state index is 0.0156. The molecule has 0 atom stereocenters. The molecular weight excluding hydrogens is 436 g/mol. The maximum atomic E-state index is 12.8. The molecular formula is C25H26N4O5. The van der Waals surface area contributed by atoms with E-state index in [1.807, 2.05) is 47.4 Å². The molecule has 0 spiro atoms. The van der Waals surface area contributed by atoms with Crippen LogP contribution in [0.5, 0.6) is 17.2 Å². The number of nitrogens with zero attached hydrogens (tertiary/aromatic N) is 4. The Morgan fingerprint density at radius 2 is 1.79 bits per heavy atom. The first kappa shape index (κ1) is 21.8. The van der Waals surface area contributed by atoms with Gasteiger partial charge in [-0.3, -0.25) is 9.59 Å². The van der Waals surface area contributed by atoms with Gasteiger partial charge in [-0.25, -0.2) is 4.68 Å². The Hall–Kier alpha value is -4.01. The van der Waals surface area contributed by atoms with Crippen molar-refractivity contribution in [3.8, 4) is 28.5 Å². The number of ether oxygens (including phenoxy) is 3. The Balaban J connectivity index is 1.20. The monoisotopic (exact) mass is 462 g/mol. The van der Waals surface area contributed by atoms with E-state index in [4.69, 9.17) is 14.2 Å². The lowest BCUT2D eigenvalue weighted by Crippen LogP contribution is -2.49. The molecule has 0 unspecified atom stereocenters. The fourth-order valence-electron chi connectivity index (χ4n) is 4.27. The third kappa shape index (κ3) is 4.41. The number of amides is 1. The first-order chi connectivity index (χ1) is 16.6. The van der Waals surface area contributed by atoms with E-state index in [0.29, 0.717) is 30.3 Å². The quantitative estimate of drug-likeness (QED) is 0.556. The summed E-state index contributed by atoms with van der Waals surface area (Å²) in [6.07, 6.45) is 0.214. The van der Waals surface area contributed by atoms with Crippen LogP contribution >= 0.6 is 0 Å². The van der Waals surface area contributed by atoms with E-state index in [-0.39, 0.29) is 31.2 Å². The Labute approximate surface area is 197 Å². The lowest BCUT2D eigenvalue weighted by Gasteiger charge is -2.36. The van der Waals surface area contributed by atoms with Gasteiger partial charge in [0.15, 0.2) is 11.5 Å². The van der Waals surface area contributed by atoms with Crippen LogP contribution in [0.2, 0.25) is 0 Å². The minimum Gasteiger partial charge on any atom is -0.495 e. The molecule has 2 aliphatic rings. The molecule has 3 heterocycles. The van der Waals surface area contributed by atoms with Crippen LogP contribution in [0.3, 0.4) is 0 Å². The number of piperazine rings is 1. The summed E-state index contributed by atoms with van der Waals surface area (Å²) in [6, 6.07) is 16.6. The van der Waals surface area contributed by atoms with Gasteiger partial charge in [0.25, 0.3) is 5.56 Å². The second kappa shape index (κ2) is 9.46. The van der Waals surface area contributed by atoms with Gasteiger partial charge in [0.1, 0.15) is 5.75 Å². The minimum atomic E-state index is -0.238. The number of carbonyl (C=O) groups excluding carboxylic acids is 1. The zero-order valence-corrected chi connectivity index (χ0v) is 19.0. The highest BCUT2D eigenvalue weighted by Gasteiger charge is 2.23. The van der Waals surface area contributed by atoms with Crippen molar-refractivity contribution >= 4 is 11.6 Å². The molecule has 1 fully saturated rings. The van der Waals surface area contributed by atoms with Crippen molar-refractivity contribution < 1.29 is 19.0 Å². The number of carbonyl (C=O) groups is 1. The van der Waals surface area contributed by atoms with Crippen LogP contribution < -0.4 is 24.7 Å². The van der Waals surface area contributed by atoms with Gasteiger partial charge in [-0.1, -0.05) is 12.1 Å². The Morgan fingerprint density at radius 3 is 2.62 bits per heavy atom. The summed E-state index contributed by atoms with van der Waals surface area (Å²) in [6.45, 7) is 3.12. The number of methoxy groups -OCH3 is 1. The first-order valence-corrected chi connectivity index (χ1v) is 11.3. The van der Waals surface area contributed by atoms with Crippen molar-refractivity contribution in [1.82, 2.24) is 14.7 Å². The normalized spacial score (nSPS) is 14.9. The van der Waals surface area contributed by atoms with Crippen LogP contribution in [0.15, 0.2) is 59.4 Å². The third-order valence-electron chi connectivity index (χ3n) is 6.13. The fraction of sp³-hybridized carbons (Fsp3) is 0.320. The largest absolute Gasteiger partial charge is 0.495 e. The number of para-hydroxylation sites is 2. The maximum absolute atomic E-state index is 12.8. The molecule has 34 heavy (non-hydrogen) atoms. The van der Waals surface area contributed by atoms with Crippen molar-refractivity contribution in [3.63, 3.8) is 0 Å². The summed E-state index contributed by atoms with van der Waals surface area (Å²) < 4.78 is 17.6. The van der Waals surface area contributed by atoms with Crippen molar-refractivity contribution in [3.05, 3.63) is 65.0 Å². The van der Waals surface area contributed by atoms with Crippen LogP contribution in [0, 0.1) is 0 Å². The molecule has 0 bridgehead atoms. The Bertz CT molecular complexity index is 1250. The van der Waals surface area contributed by atoms with Crippen LogP contribution in [0.25, 0.3) is 11.3 Å². The average molecular weight is 463 g/mol. The molecule has 2 aromatic carbocycles. The topological polar surface area (TPSA) is 86.1 Å². The summed E-state index contributed by atoms with van der Waals surface area (Å²) in [7, 11) is 1.66. The van der Waals surface area contributed by atoms with Crippen LogP contribution in [0.1, 0.15) is 6.42 Å². The predicted molar refractivity (Wildman–Crippen MR) is 126 cm³/mol. The van der Waals surface area contributed by atoms with E-state index in [0.717, 1.165) is 30.1 Å². The van der Waals surface area contributed by atoms with Gasteiger partial charge < -0.3 is 24.0 Å². The summed E-state index contributed by atoms with van der Waals surface area (Å²) in [5.74, 6) is 2.19. The molecule has 5 rings (SSSR count). The van der Waals surface area contributed by atoms with Crippen molar-refractivity contribution in [1.29, 1.82) is 0 Å². The van der Waals surface area contributed by atoms with Crippen LogP contribution in [-0.4, -0.2) is 60.7 Å². The lowest BCUT2D eigenvalue weighted by molar-refractivity contribution is -0.131. The fourth-order valence-corrected chi connectivity index (χ4v) is 4.27. The van der Waals surface area contributed by atoms with E-state index < -0.39 is 0 Å². The van der Waals surface area contributed by atoms with E-state index in [1.54, 1.807) is 13.2 Å². The van der Waals surface area contributed by atoms with E-state index >= 15 is 0 Å². The zero-order valence-electron chi connectivity index (χ0n) is 19.0.